The molecule has 6 heteroatoms. The zero-order chi connectivity index (χ0) is 16.4. The maximum Gasteiger partial charge on any atom is 0.339 e. The van der Waals surface area contributed by atoms with Crippen molar-refractivity contribution in [3.63, 3.8) is 0 Å². The minimum absolute atomic E-state index is 0.246. The molecule has 0 fully saturated rings. The number of carbonyl (C=O) groups is 1. The normalized spacial score (nSPS) is 10.9. The highest BCUT2D eigenvalue weighted by atomic mass is 16.4. The summed E-state index contributed by atoms with van der Waals surface area (Å²) in [6.45, 7) is 5.08. The van der Waals surface area contributed by atoms with E-state index in [-0.39, 0.29) is 5.56 Å². The van der Waals surface area contributed by atoms with Crippen LogP contribution >= 0.6 is 0 Å². The van der Waals surface area contributed by atoms with E-state index in [1.807, 2.05) is 36.1 Å². The van der Waals surface area contributed by atoms with Crippen molar-refractivity contribution in [3.05, 3.63) is 70.8 Å². The molecule has 3 aromatic rings. The van der Waals surface area contributed by atoms with Gasteiger partial charge in [0.2, 0.25) is 0 Å². The summed E-state index contributed by atoms with van der Waals surface area (Å²) in [7, 11) is 0. The molecule has 0 amide bonds. The molecule has 118 valence electrons. The van der Waals surface area contributed by atoms with Crippen LogP contribution in [0.25, 0.3) is 0 Å². The minimum atomic E-state index is -0.946. The van der Waals surface area contributed by atoms with Gasteiger partial charge < -0.3 is 5.11 Å². The number of hydrogen-bond donors (Lipinski definition) is 1. The Balaban J connectivity index is 1.71. The third kappa shape index (κ3) is 3.31. The SMILES string of the molecule is Cc1cnn(Cc2ccc(Cn3ncc(C(=O)O)c3C)cc2)c1. The highest BCUT2D eigenvalue weighted by molar-refractivity contribution is 5.88. The molecule has 0 aliphatic heterocycles. The summed E-state index contributed by atoms with van der Waals surface area (Å²) in [6.07, 6.45) is 5.25. The van der Waals surface area contributed by atoms with Crippen LogP contribution in [0.1, 0.15) is 32.7 Å². The highest BCUT2D eigenvalue weighted by Gasteiger charge is 2.12. The van der Waals surface area contributed by atoms with Gasteiger partial charge in [-0.15, -0.1) is 0 Å². The van der Waals surface area contributed by atoms with E-state index in [9.17, 15) is 4.79 Å². The molecule has 23 heavy (non-hydrogen) atoms. The highest BCUT2D eigenvalue weighted by Crippen LogP contribution is 2.12. The van der Waals surface area contributed by atoms with E-state index in [2.05, 4.69) is 22.3 Å². The number of carboxylic acid groups (broad SMARTS) is 1. The molecule has 0 aliphatic carbocycles. The van der Waals surface area contributed by atoms with Gasteiger partial charge in [0.1, 0.15) is 5.56 Å². The van der Waals surface area contributed by atoms with Gasteiger partial charge >= 0.3 is 5.97 Å². The number of carboxylic acids is 1. The third-order valence-corrected chi connectivity index (χ3v) is 3.80. The Morgan fingerprint density at radius 2 is 1.70 bits per heavy atom. The molecule has 1 aromatic carbocycles. The lowest BCUT2D eigenvalue weighted by Gasteiger charge is -2.07. The van der Waals surface area contributed by atoms with E-state index in [1.165, 1.54) is 11.8 Å². The van der Waals surface area contributed by atoms with Gasteiger partial charge in [0.25, 0.3) is 0 Å². The summed E-state index contributed by atoms with van der Waals surface area (Å²) in [5, 5.41) is 17.5. The summed E-state index contributed by atoms with van der Waals surface area (Å²) < 4.78 is 3.61. The summed E-state index contributed by atoms with van der Waals surface area (Å²) in [5.41, 5.74) is 4.29. The smallest absolute Gasteiger partial charge is 0.339 e. The molecule has 0 spiro atoms. The second-order valence-corrected chi connectivity index (χ2v) is 5.64. The molecule has 0 saturated carbocycles. The van der Waals surface area contributed by atoms with Crippen molar-refractivity contribution in [2.24, 2.45) is 0 Å². The Morgan fingerprint density at radius 1 is 1.04 bits per heavy atom. The molecule has 1 N–H and O–H groups in total. The fourth-order valence-electron chi connectivity index (χ4n) is 2.48. The van der Waals surface area contributed by atoms with Gasteiger partial charge in [-0.1, -0.05) is 24.3 Å². The second-order valence-electron chi connectivity index (χ2n) is 5.64. The van der Waals surface area contributed by atoms with E-state index in [0.29, 0.717) is 12.2 Å². The lowest BCUT2D eigenvalue weighted by Crippen LogP contribution is -2.06. The molecule has 2 heterocycles. The fourth-order valence-corrected chi connectivity index (χ4v) is 2.48. The Morgan fingerprint density at radius 3 is 2.22 bits per heavy atom. The molecule has 0 atom stereocenters. The number of benzene rings is 1. The lowest BCUT2D eigenvalue weighted by atomic mass is 10.1. The molecule has 0 saturated heterocycles. The van der Waals surface area contributed by atoms with E-state index in [0.717, 1.165) is 17.7 Å². The van der Waals surface area contributed by atoms with Crippen LogP contribution in [0.3, 0.4) is 0 Å². The minimum Gasteiger partial charge on any atom is -0.478 e. The fraction of sp³-hybridized carbons (Fsp3) is 0.235. The van der Waals surface area contributed by atoms with Crippen LogP contribution in [0.15, 0.2) is 42.9 Å². The number of hydrogen-bond acceptors (Lipinski definition) is 3. The van der Waals surface area contributed by atoms with Crippen molar-refractivity contribution in [1.82, 2.24) is 19.6 Å². The maximum absolute atomic E-state index is 11.0. The van der Waals surface area contributed by atoms with Crippen molar-refractivity contribution in [2.45, 2.75) is 26.9 Å². The van der Waals surface area contributed by atoms with Crippen molar-refractivity contribution >= 4 is 5.97 Å². The first-order valence-electron chi connectivity index (χ1n) is 7.35. The molecule has 3 rings (SSSR count). The number of aromatic carboxylic acids is 1. The predicted octanol–water partition coefficient (Wildman–Crippen LogP) is 2.49. The maximum atomic E-state index is 11.0. The average Bonchev–Trinajstić information content (AvgIpc) is 3.08. The average molecular weight is 310 g/mol. The van der Waals surface area contributed by atoms with Crippen LogP contribution in [0, 0.1) is 13.8 Å². The second kappa shape index (κ2) is 6.08. The van der Waals surface area contributed by atoms with Crippen molar-refractivity contribution < 1.29 is 9.90 Å². The van der Waals surface area contributed by atoms with Gasteiger partial charge in [-0.3, -0.25) is 9.36 Å². The molecular formula is C17H18N4O2. The van der Waals surface area contributed by atoms with E-state index in [4.69, 9.17) is 5.11 Å². The summed E-state index contributed by atoms with van der Waals surface area (Å²) in [5.74, 6) is -0.946. The first kappa shape index (κ1) is 15.0. The quantitative estimate of drug-likeness (QED) is 0.786. The first-order valence-corrected chi connectivity index (χ1v) is 7.35. The van der Waals surface area contributed by atoms with Gasteiger partial charge in [-0.25, -0.2) is 4.79 Å². The number of aromatic nitrogens is 4. The Bertz CT molecular complexity index is 831. The molecule has 0 unspecified atom stereocenters. The Hall–Kier alpha value is -2.89. The monoisotopic (exact) mass is 310 g/mol. The number of rotatable bonds is 5. The zero-order valence-corrected chi connectivity index (χ0v) is 13.1. The third-order valence-electron chi connectivity index (χ3n) is 3.80. The van der Waals surface area contributed by atoms with Crippen molar-refractivity contribution in [2.75, 3.05) is 0 Å². The Kier molecular flexibility index (Phi) is 3.97. The number of aryl methyl sites for hydroxylation is 1. The van der Waals surface area contributed by atoms with Gasteiger partial charge in [-0.2, -0.15) is 10.2 Å². The largest absolute Gasteiger partial charge is 0.478 e. The van der Waals surface area contributed by atoms with Crippen LogP contribution in [0.2, 0.25) is 0 Å². The lowest BCUT2D eigenvalue weighted by molar-refractivity contribution is 0.0696. The number of nitrogens with zero attached hydrogens (tertiary/aromatic N) is 4. The van der Waals surface area contributed by atoms with E-state index in [1.54, 1.807) is 11.6 Å². The van der Waals surface area contributed by atoms with Crippen molar-refractivity contribution in [3.8, 4) is 0 Å². The predicted molar refractivity (Wildman–Crippen MR) is 85.5 cm³/mol. The summed E-state index contributed by atoms with van der Waals surface area (Å²) >= 11 is 0. The van der Waals surface area contributed by atoms with Crippen molar-refractivity contribution in [1.29, 1.82) is 0 Å². The van der Waals surface area contributed by atoms with Crippen LogP contribution in [-0.2, 0) is 13.1 Å². The topological polar surface area (TPSA) is 72.9 Å². The van der Waals surface area contributed by atoms with Crippen LogP contribution < -0.4 is 0 Å². The van der Waals surface area contributed by atoms with Crippen LogP contribution in [0.5, 0.6) is 0 Å². The summed E-state index contributed by atoms with van der Waals surface area (Å²) in [4.78, 5) is 11.0. The van der Waals surface area contributed by atoms with Crippen LogP contribution in [0.4, 0.5) is 0 Å². The van der Waals surface area contributed by atoms with Gasteiger partial charge in [-0.05, 0) is 30.5 Å². The molecule has 0 bridgehead atoms. The van der Waals surface area contributed by atoms with E-state index >= 15 is 0 Å². The summed E-state index contributed by atoms with van der Waals surface area (Å²) in [6, 6.07) is 8.19. The zero-order valence-electron chi connectivity index (χ0n) is 13.1. The molecule has 2 aromatic heterocycles. The molecule has 0 aliphatic rings. The van der Waals surface area contributed by atoms with E-state index < -0.39 is 5.97 Å². The Labute approximate surface area is 134 Å². The van der Waals surface area contributed by atoms with Crippen LogP contribution in [-0.4, -0.2) is 30.6 Å². The van der Waals surface area contributed by atoms with Gasteiger partial charge in [0.05, 0.1) is 31.2 Å². The standard InChI is InChI=1S/C17H18N4O2/c1-12-7-18-20(9-12)10-14-3-5-15(6-4-14)11-21-13(2)16(8-19-21)17(22)23/h3-9H,10-11H2,1-2H3,(H,22,23). The molecular weight excluding hydrogens is 292 g/mol. The molecule has 6 nitrogen and oxygen atoms in total. The van der Waals surface area contributed by atoms with Gasteiger partial charge in [0.15, 0.2) is 0 Å². The molecule has 0 radical (unpaired) electrons. The van der Waals surface area contributed by atoms with Gasteiger partial charge in [0, 0.05) is 6.20 Å². The first-order chi connectivity index (χ1) is 11.0.